The van der Waals surface area contributed by atoms with E-state index < -0.39 is 0 Å². The Morgan fingerprint density at radius 2 is 2.44 bits per heavy atom. The lowest BCUT2D eigenvalue weighted by molar-refractivity contribution is 0.483. The molecule has 0 aliphatic carbocycles. The first-order valence-corrected chi connectivity index (χ1v) is 5.92. The van der Waals surface area contributed by atoms with E-state index in [9.17, 15) is 0 Å². The SMILES string of the molecule is C#CCCC(Cc1cccnc1)NCCC. The predicted octanol–water partition coefficient (Wildman–Crippen LogP) is 2.41. The van der Waals surface area contributed by atoms with Crippen LogP contribution in [0.25, 0.3) is 0 Å². The van der Waals surface area contributed by atoms with Gasteiger partial charge in [0, 0.05) is 24.9 Å². The number of rotatable bonds is 7. The van der Waals surface area contributed by atoms with Gasteiger partial charge in [-0.15, -0.1) is 12.3 Å². The van der Waals surface area contributed by atoms with Crippen molar-refractivity contribution >= 4 is 0 Å². The molecule has 16 heavy (non-hydrogen) atoms. The molecule has 0 bridgehead atoms. The summed E-state index contributed by atoms with van der Waals surface area (Å²) in [6, 6.07) is 4.57. The molecule has 2 nitrogen and oxygen atoms in total. The molecule has 1 aromatic rings. The van der Waals surface area contributed by atoms with E-state index in [0.29, 0.717) is 6.04 Å². The standard InChI is InChI=1S/C14H20N2/c1-3-5-8-14(16-9-4-2)11-13-7-6-10-15-12-13/h1,6-7,10,12,14,16H,4-5,8-9,11H2,2H3. The van der Waals surface area contributed by atoms with Gasteiger partial charge in [-0.05, 0) is 37.4 Å². The van der Waals surface area contributed by atoms with Crippen LogP contribution in [0.2, 0.25) is 0 Å². The molecule has 0 saturated carbocycles. The number of hydrogen-bond donors (Lipinski definition) is 1. The monoisotopic (exact) mass is 216 g/mol. The largest absolute Gasteiger partial charge is 0.314 e. The maximum Gasteiger partial charge on any atom is 0.0300 e. The van der Waals surface area contributed by atoms with Crippen LogP contribution in [0.5, 0.6) is 0 Å². The van der Waals surface area contributed by atoms with Crippen molar-refractivity contribution in [1.29, 1.82) is 0 Å². The van der Waals surface area contributed by atoms with Crippen molar-refractivity contribution in [3.63, 3.8) is 0 Å². The Kier molecular flexibility index (Phi) is 6.29. The van der Waals surface area contributed by atoms with Gasteiger partial charge in [-0.2, -0.15) is 0 Å². The van der Waals surface area contributed by atoms with Crippen LogP contribution in [0.4, 0.5) is 0 Å². The fourth-order valence-corrected chi connectivity index (χ4v) is 1.69. The summed E-state index contributed by atoms with van der Waals surface area (Å²) in [5, 5.41) is 3.53. The zero-order chi connectivity index (χ0) is 11.6. The quantitative estimate of drug-likeness (QED) is 0.708. The van der Waals surface area contributed by atoms with Crippen molar-refractivity contribution in [3.05, 3.63) is 30.1 Å². The normalized spacial score (nSPS) is 12.0. The van der Waals surface area contributed by atoms with Gasteiger partial charge < -0.3 is 5.32 Å². The summed E-state index contributed by atoms with van der Waals surface area (Å²) < 4.78 is 0. The molecule has 2 heteroatoms. The first-order chi connectivity index (χ1) is 7.86. The highest BCUT2D eigenvalue weighted by molar-refractivity contribution is 5.10. The van der Waals surface area contributed by atoms with Crippen LogP contribution < -0.4 is 5.32 Å². The zero-order valence-corrected chi connectivity index (χ0v) is 9.95. The van der Waals surface area contributed by atoms with E-state index in [1.807, 2.05) is 12.3 Å². The van der Waals surface area contributed by atoms with Crippen molar-refractivity contribution in [2.45, 2.75) is 38.6 Å². The number of hydrogen-bond acceptors (Lipinski definition) is 2. The fourth-order valence-electron chi connectivity index (χ4n) is 1.69. The minimum absolute atomic E-state index is 0.472. The van der Waals surface area contributed by atoms with Gasteiger partial charge in [-0.25, -0.2) is 0 Å². The van der Waals surface area contributed by atoms with Gasteiger partial charge >= 0.3 is 0 Å². The third-order valence-electron chi connectivity index (χ3n) is 2.53. The molecule has 1 heterocycles. The number of pyridine rings is 1. The van der Waals surface area contributed by atoms with Gasteiger partial charge in [0.25, 0.3) is 0 Å². The van der Waals surface area contributed by atoms with E-state index in [1.165, 1.54) is 5.56 Å². The lowest BCUT2D eigenvalue weighted by Crippen LogP contribution is -2.31. The minimum Gasteiger partial charge on any atom is -0.314 e. The van der Waals surface area contributed by atoms with Gasteiger partial charge in [0.2, 0.25) is 0 Å². The molecule has 1 atom stereocenters. The maximum atomic E-state index is 5.31. The number of nitrogens with one attached hydrogen (secondary N) is 1. The Morgan fingerprint density at radius 3 is 3.06 bits per heavy atom. The molecule has 0 radical (unpaired) electrons. The molecule has 0 aromatic carbocycles. The molecular formula is C14H20N2. The average molecular weight is 216 g/mol. The van der Waals surface area contributed by atoms with Crippen LogP contribution >= 0.6 is 0 Å². The highest BCUT2D eigenvalue weighted by atomic mass is 14.9. The Hall–Kier alpha value is -1.33. The van der Waals surface area contributed by atoms with Gasteiger partial charge in [0.15, 0.2) is 0 Å². The second kappa shape index (κ2) is 7.90. The molecule has 0 saturated heterocycles. The van der Waals surface area contributed by atoms with E-state index in [1.54, 1.807) is 6.20 Å². The summed E-state index contributed by atoms with van der Waals surface area (Å²) in [7, 11) is 0. The zero-order valence-electron chi connectivity index (χ0n) is 9.95. The summed E-state index contributed by atoms with van der Waals surface area (Å²) in [4.78, 5) is 4.13. The van der Waals surface area contributed by atoms with Gasteiger partial charge in [0.1, 0.15) is 0 Å². The number of terminal acetylenes is 1. The van der Waals surface area contributed by atoms with E-state index in [4.69, 9.17) is 6.42 Å². The molecule has 0 aliphatic heterocycles. The van der Waals surface area contributed by atoms with Crippen molar-refractivity contribution in [1.82, 2.24) is 10.3 Å². The molecule has 1 N–H and O–H groups in total. The van der Waals surface area contributed by atoms with Gasteiger partial charge in [-0.3, -0.25) is 4.98 Å². The van der Waals surface area contributed by atoms with Crippen LogP contribution in [-0.2, 0) is 6.42 Å². The van der Waals surface area contributed by atoms with E-state index in [0.717, 1.165) is 32.2 Å². The average Bonchev–Trinajstić information content (AvgIpc) is 2.34. The molecular weight excluding hydrogens is 196 g/mol. The fraction of sp³-hybridized carbons (Fsp3) is 0.500. The minimum atomic E-state index is 0.472. The highest BCUT2D eigenvalue weighted by Crippen LogP contribution is 2.06. The number of aromatic nitrogens is 1. The molecule has 1 aromatic heterocycles. The maximum absolute atomic E-state index is 5.31. The molecule has 1 rings (SSSR count). The Morgan fingerprint density at radius 1 is 1.56 bits per heavy atom. The van der Waals surface area contributed by atoms with Crippen LogP contribution in [0.15, 0.2) is 24.5 Å². The van der Waals surface area contributed by atoms with Crippen molar-refractivity contribution < 1.29 is 0 Å². The van der Waals surface area contributed by atoms with Crippen LogP contribution in [0, 0.1) is 12.3 Å². The summed E-state index contributed by atoms with van der Waals surface area (Å²) in [6.45, 7) is 3.23. The van der Waals surface area contributed by atoms with E-state index >= 15 is 0 Å². The summed E-state index contributed by atoms with van der Waals surface area (Å²) in [6.07, 6.45) is 13.1. The first kappa shape index (κ1) is 12.7. The Bertz CT molecular complexity index is 313. The van der Waals surface area contributed by atoms with Crippen molar-refractivity contribution in [2.75, 3.05) is 6.54 Å². The van der Waals surface area contributed by atoms with E-state index in [2.05, 4.69) is 29.2 Å². The smallest absolute Gasteiger partial charge is 0.0300 e. The topological polar surface area (TPSA) is 24.9 Å². The van der Waals surface area contributed by atoms with Crippen LogP contribution in [-0.4, -0.2) is 17.6 Å². The lowest BCUT2D eigenvalue weighted by Gasteiger charge is -2.17. The summed E-state index contributed by atoms with van der Waals surface area (Å²) >= 11 is 0. The predicted molar refractivity (Wildman–Crippen MR) is 68.1 cm³/mol. The molecule has 0 spiro atoms. The van der Waals surface area contributed by atoms with Crippen LogP contribution in [0.3, 0.4) is 0 Å². The Labute approximate surface area is 98.5 Å². The molecule has 0 fully saturated rings. The van der Waals surface area contributed by atoms with E-state index in [-0.39, 0.29) is 0 Å². The Balaban J connectivity index is 2.46. The molecule has 1 unspecified atom stereocenters. The third-order valence-corrected chi connectivity index (χ3v) is 2.53. The molecule has 0 amide bonds. The summed E-state index contributed by atoms with van der Waals surface area (Å²) in [5.41, 5.74) is 1.27. The summed E-state index contributed by atoms with van der Waals surface area (Å²) in [5.74, 6) is 2.70. The molecule has 0 aliphatic rings. The van der Waals surface area contributed by atoms with Crippen molar-refractivity contribution in [2.24, 2.45) is 0 Å². The lowest BCUT2D eigenvalue weighted by atomic mass is 10.0. The van der Waals surface area contributed by atoms with Gasteiger partial charge in [-0.1, -0.05) is 13.0 Å². The van der Waals surface area contributed by atoms with Crippen LogP contribution in [0.1, 0.15) is 31.7 Å². The van der Waals surface area contributed by atoms with Gasteiger partial charge in [0.05, 0.1) is 0 Å². The molecule has 86 valence electrons. The second-order valence-corrected chi connectivity index (χ2v) is 3.96. The highest BCUT2D eigenvalue weighted by Gasteiger charge is 2.07. The number of nitrogens with zero attached hydrogens (tertiary/aromatic N) is 1. The third kappa shape index (κ3) is 4.95. The first-order valence-electron chi connectivity index (χ1n) is 5.92. The second-order valence-electron chi connectivity index (χ2n) is 3.96. The van der Waals surface area contributed by atoms with Crippen molar-refractivity contribution in [3.8, 4) is 12.3 Å².